The zero-order valence-electron chi connectivity index (χ0n) is 12.7. The van der Waals surface area contributed by atoms with Crippen LogP contribution in [0.4, 0.5) is 16.3 Å². The van der Waals surface area contributed by atoms with Crippen molar-refractivity contribution in [3.63, 3.8) is 0 Å². The van der Waals surface area contributed by atoms with Gasteiger partial charge in [0, 0.05) is 6.07 Å². The van der Waals surface area contributed by atoms with Gasteiger partial charge >= 0.3 is 6.03 Å². The molecule has 3 amide bonds. The van der Waals surface area contributed by atoms with Gasteiger partial charge in [0.15, 0.2) is 12.4 Å². The number of carbonyl (C=O) groups excluding carboxylic acids is 2. The maximum Gasteiger partial charge on any atom is 0.320 e. The number of aromatic nitrogens is 1. The lowest BCUT2D eigenvalue weighted by molar-refractivity contribution is -0.118. The van der Waals surface area contributed by atoms with Gasteiger partial charge in [-0.05, 0) is 31.5 Å². The molecule has 1 aliphatic heterocycles. The third-order valence-electron chi connectivity index (χ3n) is 3.35. The van der Waals surface area contributed by atoms with Gasteiger partial charge in [-0.1, -0.05) is 11.2 Å². The van der Waals surface area contributed by atoms with Crippen LogP contribution < -0.4 is 20.7 Å². The fourth-order valence-electron chi connectivity index (χ4n) is 2.23. The lowest BCUT2D eigenvalue weighted by atomic mass is 10.1. The molecule has 3 N–H and O–H groups in total. The number of ether oxygens (including phenoxy) is 1. The highest BCUT2D eigenvalue weighted by molar-refractivity contribution is 5.95. The minimum absolute atomic E-state index is 0.0136. The Morgan fingerprint density at radius 2 is 2.22 bits per heavy atom. The number of carbonyl (C=O) groups is 2. The lowest BCUT2D eigenvalue weighted by Gasteiger charge is -2.20. The molecule has 0 saturated heterocycles. The predicted molar refractivity (Wildman–Crippen MR) is 82.4 cm³/mol. The minimum atomic E-state index is -0.399. The van der Waals surface area contributed by atoms with Gasteiger partial charge in [-0.25, -0.2) is 4.79 Å². The number of nitrogens with one attached hydrogen (secondary N) is 3. The van der Waals surface area contributed by atoms with Crippen LogP contribution in [0.3, 0.4) is 0 Å². The molecule has 0 bridgehead atoms. The summed E-state index contributed by atoms with van der Waals surface area (Å²) in [5, 5.41) is 11.8. The van der Waals surface area contributed by atoms with E-state index in [1.165, 1.54) is 0 Å². The minimum Gasteiger partial charge on any atom is -0.482 e. The molecule has 23 heavy (non-hydrogen) atoms. The first-order valence-corrected chi connectivity index (χ1v) is 7.08. The van der Waals surface area contributed by atoms with E-state index in [9.17, 15) is 9.59 Å². The Balaban J connectivity index is 1.66. The topological polar surface area (TPSA) is 105 Å². The largest absolute Gasteiger partial charge is 0.482 e. The fraction of sp³-hybridized carbons (Fsp3) is 0.267. The molecule has 1 aromatic carbocycles. The summed E-state index contributed by atoms with van der Waals surface area (Å²) in [6.45, 7) is 3.59. The summed E-state index contributed by atoms with van der Waals surface area (Å²) in [4.78, 5) is 23.3. The molecular weight excluding hydrogens is 300 g/mol. The maximum absolute atomic E-state index is 11.9. The van der Waals surface area contributed by atoms with Crippen LogP contribution in [-0.2, 0) is 4.79 Å². The molecule has 120 valence electrons. The number of hydrogen-bond acceptors (Lipinski definition) is 5. The van der Waals surface area contributed by atoms with Crippen molar-refractivity contribution in [2.45, 2.75) is 19.9 Å². The summed E-state index contributed by atoms with van der Waals surface area (Å²) in [7, 11) is 0. The molecule has 1 aromatic heterocycles. The zero-order valence-corrected chi connectivity index (χ0v) is 12.7. The van der Waals surface area contributed by atoms with Gasteiger partial charge in [-0.2, -0.15) is 0 Å². The molecular formula is C15H16N4O4. The molecule has 8 heteroatoms. The number of anilines is 2. The van der Waals surface area contributed by atoms with E-state index in [2.05, 4.69) is 21.1 Å². The molecule has 0 unspecified atom stereocenters. The van der Waals surface area contributed by atoms with E-state index < -0.39 is 6.03 Å². The first kappa shape index (κ1) is 14.9. The average Bonchev–Trinajstić information content (AvgIpc) is 2.91. The van der Waals surface area contributed by atoms with Crippen molar-refractivity contribution in [2.24, 2.45) is 0 Å². The molecule has 1 aliphatic rings. The van der Waals surface area contributed by atoms with Crippen LogP contribution in [0.1, 0.15) is 24.3 Å². The van der Waals surface area contributed by atoms with Gasteiger partial charge in [0.05, 0.1) is 11.7 Å². The lowest BCUT2D eigenvalue weighted by Crippen LogP contribution is -2.31. The Morgan fingerprint density at radius 1 is 1.39 bits per heavy atom. The number of benzene rings is 1. The molecule has 0 radical (unpaired) electrons. The molecule has 2 aromatic rings. The van der Waals surface area contributed by atoms with Crippen LogP contribution in [0.2, 0.25) is 0 Å². The van der Waals surface area contributed by atoms with Crippen LogP contribution in [0.25, 0.3) is 0 Å². The van der Waals surface area contributed by atoms with E-state index in [0.29, 0.717) is 23.0 Å². The Kier molecular flexibility index (Phi) is 3.88. The number of amides is 3. The molecule has 1 atom stereocenters. The monoisotopic (exact) mass is 316 g/mol. The third-order valence-corrected chi connectivity index (χ3v) is 3.35. The normalized spacial score (nSPS) is 14.3. The summed E-state index contributed by atoms with van der Waals surface area (Å²) < 4.78 is 10.2. The summed E-state index contributed by atoms with van der Waals surface area (Å²) in [5.74, 6) is 1.37. The Bertz CT molecular complexity index is 756. The quantitative estimate of drug-likeness (QED) is 0.805. The highest BCUT2D eigenvalue weighted by Gasteiger charge is 2.18. The number of nitrogens with zero attached hydrogens (tertiary/aromatic N) is 1. The van der Waals surface area contributed by atoms with Crippen molar-refractivity contribution in [2.75, 3.05) is 17.2 Å². The second-order valence-corrected chi connectivity index (χ2v) is 5.24. The number of hydrogen-bond donors (Lipinski definition) is 3. The fourth-order valence-corrected chi connectivity index (χ4v) is 2.23. The number of fused-ring (bicyclic) bond motifs is 1. The average molecular weight is 316 g/mol. The highest BCUT2D eigenvalue weighted by Crippen LogP contribution is 2.30. The van der Waals surface area contributed by atoms with Crippen molar-refractivity contribution in [3.05, 3.63) is 35.6 Å². The second-order valence-electron chi connectivity index (χ2n) is 5.24. The Labute approximate surface area is 132 Å². The van der Waals surface area contributed by atoms with Crippen LogP contribution in [-0.4, -0.2) is 23.7 Å². The van der Waals surface area contributed by atoms with Gasteiger partial charge < -0.3 is 19.9 Å². The van der Waals surface area contributed by atoms with Crippen molar-refractivity contribution in [3.8, 4) is 5.75 Å². The smallest absolute Gasteiger partial charge is 0.320 e. The Morgan fingerprint density at radius 3 is 2.96 bits per heavy atom. The predicted octanol–water partition coefficient (Wildman–Crippen LogP) is 2.20. The van der Waals surface area contributed by atoms with E-state index in [1.807, 2.05) is 13.0 Å². The van der Waals surface area contributed by atoms with Crippen LogP contribution >= 0.6 is 0 Å². The first-order chi connectivity index (χ1) is 11.0. The summed E-state index contributed by atoms with van der Waals surface area (Å²) in [6, 6.07) is 6.33. The molecule has 0 spiro atoms. The van der Waals surface area contributed by atoms with E-state index in [1.54, 1.807) is 25.1 Å². The first-order valence-electron chi connectivity index (χ1n) is 7.08. The number of aryl methyl sites for hydroxylation is 1. The molecule has 0 saturated carbocycles. The standard InChI is InChI=1S/C15H16N4O4/c1-8-5-13(19-23-8)18-15(21)16-9(2)10-3-4-12-11(6-10)17-14(20)7-22-12/h3-6,9H,7H2,1-2H3,(H,17,20)(H2,16,18,19,21)/t9-/m0/s1. The van der Waals surface area contributed by atoms with Crippen LogP contribution in [0.5, 0.6) is 5.75 Å². The molecule has 8 nitrogen and oxygen atoms in total. The van der Waals surface area contributed by atoms with E-state index >= 15 is 0 Å². The second kappa shape index (κ2) is 5.99. The molecule has 3 rings (SSSR count). The summed E-state index contributed by atoms with van der Waals surface area (Å²) in [5.41, 5.74) is 1.43. The van der Waals surface area contributed by atoms with Gasteiger partial charge in [-0.15, -0.1) is 0 Å². The summed E-state index contributed by atoms with van der Waals surface area (Å²) >= 11 is 0. The van der Waals surface area contributed by atoms with Crippen LogP contribution in [0.15, 0.2) is 28.8 Å². The van der Waals surface area contributed by atoms with Crippen LogP contribution in [0, 0.1) is 6.92 Å². The highest BCUT2D eigenvalue weighted by atomic mass is 16.5. The molecule has 0 aliphatic carbocycles. The van der Waals surface area contributed by atoms with E-state index in [0.717, 1.165) is 5.56 Å². The molecule has 0 fully saturated rings. The summed E-state index contributed by atoms with van der Waals surface area (Å²) in [6.07, 6.45) is 0. The zero-order chi connectivity index (χ0) is 16.4. The maximum atomic E-state index is 11.9. The van der Waals surface area contributed by atoms with Gasteiger partial charge in [0.1, 0.15) is 11.5 Å². The number of rotatable bonds is 3. The van der Waals surface area contributed by atoms with Crippen molar-refractivity contribution < 1.29 is 18.8 Å². The van der Waals surface area contributed by atoms with E-state index in [-0.39, 0.29) is 18.6 Å². The Hall–Kier alpha value is -3.03. The third kappa shape index (κ3) is 3.42. The SMILES string of the molecule is Cc1cc(NC(=O)N[C@@H](C)c2ccc3c(c2)NC(=O)CO3)no1. The van der Waals surface area contributed by atoms with Crippen molar-refractivity contribution in [1.29, 1.82) is 0 Å². The van der Waals surface area contributed by atoms with Gasteiger partial charge in [0.2, 0.25) is 0 Å². The van der Waals surface area contributed by atoms with Crippen molar-refractivity contribution in [1.82, 2.24) is 10.5 Å². The number of urea groups is 1. The van der Waals surface area contributed by atoms with Gasteiger partial charge in [0.25, 0.3) is 5.91 Å². The molecule has 2 heterocycles. The van der Waals surface area contributed by atoms with Gasteiger partial charge in [-0.3, -0.25) is 10.1 Å². The van der Waals surface area contributed by atoms with E-state index in [4.69, 9.17) is 9.26 Å². The van der Waals surface area contributed by atoms with Crippen molar-refractivity contribution >= 4 is 23.4 Å².